The van der Waals surface area contributed by atoms with E-state index in [0.29, 0.717) is 25.7 Å². The van der Waals surface area contributed by atoms with Gasteiger partial charge in [0.05, 0.1) is 23.9 Å². The molecule has 0 heterocycles. The molecule has 0 aliphatic heterocycles. The Labute approximate surface area is 150 Å². The molecule has 0 radical (unpaired) electrons. The lowest BCUT2D eigenvalue weighted by Gasteiger charge is -2.49. The Balaban J connectivity index is 1.91. The topological polar surface area (TPSA) is 80.9 Å². The zero-order chi connectivity index (χ0) is 18.4. The van der Waals surface area contributed by atoms with Crippen molar-refractivity contribution in [3.8, 4) is 0 Å². The molecule has 4 heteroatoms. The molecule has 3 aliphatic carbocycles. The predicted octanol–water partition coefficient (Wildman–Crippen LogP) is 2.62. The Morgan fingerprint density at radius 1 is 1.16 bits per heavy atom. The summed E-state index contributed by atoms with van der Waals surface area (Å²) in [6.45, 7) is 7.75. The van der Waals surface area contributed by atoms with Gasteiger partial charge in [-0.25, -0.2) is 0 Å². The number of rotatable bonds is 2. The molecule has 0 aromatic rings. The highest BCUT2D eigenvalue weighted by atomic mass is 16.3. The van der Waals surface area contributed by atoms with E-state index in [1.54, 1.807) is 6.92 Å². The summed E-state index contributed by atoms with van der Waals surface area (Å²) in [5.74, 6) is 0.161. The number of hydrogen-bond acceptors (Lipinski definition) is 4. The van der Waals surface area contributed by atoms with Crippen LogP contribution in [0.5, 0.6) is 0 Å². The van der Waals surface area contributed by atoms with Crippen molar-refractivity contribution >= 4 is 0 Å². The average Bonchev–Trinajstić information content (AvgIpc) is 2.80. The van der Waals surface area contributed by atoms with Gasteiger partial charge in [0.1, 0.15) is 0 Å². The molecule has 0 unspecified atom stereocenters. The van der Waals surface area contributed by atoms with Gasteiger partial charge < -0.3 is 20.4 Å². The quantitative estimate of drug-likeness (QED) is 0.618. The zero-order valence-corrected chi connectivity index (χ0v) is 15.4. The smallest absolute Gasteiger partial charge is 0.0962 e. The molecule has 4 nitrogen and oxygen atoms in total. The molecule has 0 saturated heterocycles. The van der Waals surface area contributed by atoms with Crippen molar-refractivity contribution in [1.82, 2.24) is 0 Å². The van der Waals surface area contributed by atoms with Crippen LogP contribution in [0.1, 0.15) is 58.8 Å². The summed E-state index contributed by atoms with van der Waals surface area (Å²) in [6.07, 6.45) is 7.20. The summed E-state index contributed by atoms with van der Waals surface area (Å²) in [7, 11) is 0. The summed E-state index contributed by atoms with van der Waals surface area (Å²) in [5, 5.41) is 41.6. The summed E-state index contributed by atoms with van der Waals surface area (Å²) in [5.41, 5.74) is 1.62. The molecule has 3 aliphatic rings. The van der Waals surface area contributed by atoms with E-state index in [1.165, 1.54) is 0 Å². The van der Waals surface area contributed by atoms with Crippen LogP contribution >= 0.6 is 0 Å². The van der Waals surface area contributed by atoms with Crippen molar-refractivity contribution in [1.29, 1.82) is 0 Å². The lowest BCUT2D eigenvalue weighted by atomic mass is 9.59. The molecule has 4 N–H and O–H groups in total. The van der Waals surface area contributed by atoms with Gasteiger partial charge in [-0.2, -0.15) is 0 Å². The first kappa shape index (κ1) is 18.8. The molecule has 3 fully saturated rings. The van der Waals surface area contributed by atoms with E-state index in [9.17, 15) is 20.4 Å². The molecule has 25 heavy (non-hydrogen) atoms. The van der Waals surface area contributed by atoms with Crippen LogP contribution in [-0.4, -0.2) is 44.3 Å². The van der Waals surface area contributed by atoms with Crippen molar-refractivity contribution in [3.63, 3.8) is 0 Å². The first-order chi connectivity index (χ1) is 11.7. The van der Waals surface area contributed by atoms with Crippen LogP contribution in [0, 0.1) is 11.3 Å². The number of fused-ring (bicyclic) bond motifs is 1. The first-order valence-corrected chi connectivity index (χ1v) is 9.51. The maximum atomic E-state index is 11.1. The lowest BCUT2D eigenvalue weighted by Crippen LogP contribution is -2.55. The largest absolute Gasteiger partial charge is 0.393 e. The third-order valence-corrected chi connectivity index (χ3v) is 7.03. The van der Waals surface area contributed by atoms with Gasteiger partial charge in [0, 0.05) is 5.41 Å². The number of aliphatic hydroxyl groups excluding tert-OH is 3. The molecule has 0 amide bonds. The Morgan fingerprint density at radius 3 is 2.56 bits per heavy atom. The van der Waals surface area contributed by atoms with Crippen LogP contribution in [0.25, 0.3) is 0 Å². The van der Waals surface area contributed by atoms with E-state index in [4.69, 9.17) is 0 Å². The SMILES string of the molecule is C=C1CC[C@H](O)C/C1=C/C=C1\C[C@@H](O)C[C@@]2(C)[C@H]1CC[C@]2(O)[C@H](C)O. The van der Waals surface area contributed by atoms with E-state index in [1.807, 2.05) is 13.0 Å². The van der Waals surface area contributed by atoms with E-state index in [0.717, 1.165) is 36.0 Å². The number of allylic oxidation sites excluding steroid dienone is 3. The van der Waals surface area contributed by atoms with Crippen LogP contribution < -0.4 is 0 Å². The Morgan fingerprint density at radius 2 is 1.88 bits per heavy atom. The highest BCUT2D eigenvalue weighted by Gasteiger charge is 2.61. The lowest BCUT2D eigenvalue weighted by molar-refractivity contribution is -0.154. The van der Waals surface area contributed by atoms with Crippen molar-refractivity contribution < 1.29 is 20.4 Å². The Hall–Kier alpha value is -0.940. The van der Waals surface area contributed by atoms with Crippen molar-refractivity contribution in [2.75, 3.05) is 0 Å². The number of aliphatic hydroxyl groups is 4. The molecule has 3 rings (SSSR count). The van der Waals surface area contributed by atoms with Crippen LogP contribution in [0.4, 0.5) is 0 Å². The van der Waals surface area contributed by atoms with Crippen molar-refractivity contribution in [2.24, 2.45) is 11.3 Å². The highest BCUT2D eigenvalue weighted by Crippen LogP contribution is 2.60. The van der Waals surface area contributed by atoms with Gasteiger partial charge in [-0.15, -0.1) is 0 Å². The van der Waals surface area contributed by atoms with E-state index in [-0.39, 0.29) is 12.0 Å². The third kappa shape index (κ3) is 3.14. The van der Waals surface area contributed by atoms with Crippen molar-refractivity contribution in [2.45, 2.75) is 82.7 Å². The third-order valence-electron chi connectivity index (χ3n) is 7.03. The van der Waals surface area contributed by atoms with Gasteiger partial charge in [-0.1, -0.05) is 36.8 Å². The molecule has 0 aromatic carbocycles. The Bertz CT molecular complexity index is 605. The summed E-state index contributed by atoms with van der Waals surface area (Å²) in [4.78, 5) is 0. The average molecular weight is 348 g/mol. The fourth-order valence-corrected chi connectivity index (χ4v) is 5.43. The molecule has 140 valence electrons. The second-order valence-electron chi connectivity index (χ2n) is 8.60. The summed E-state index contributed by atoms with van der Waals surface area (Å²) < 4.78 is 0. The van der Waals surface area contributed by atoms with Crippen LogP contribution in [0.15, 0.2) is 35.5 Å². The van der Waals surface area contributed by atoms with Gasteiger partial charge in [-0.3, -0.25) is 0 Å². The second-order valence-corrected chi connectivity index (χ2v) is 8.60. The predicted molar refractivity (Wildman–Crippen MR) is 97.9 cm³/mol. The van der Waals surface area contributed by atoms with Crippen LogP contribution in [0.3, 0.4) is 0 Å². The van der Waals surface area contributed by atoms with Crippen molar-refractivity contribution in [3.05, 3.63) is 35.5 Å². The fraction of sp³-hybridized carbons (Fsp3) is 0.714. The second kappa shape index (κ2) is 6.66. The normalized spacial score (nSPS) is 46.5. The van der Waals surface area contributed by atoms with Gasteiger partial charge in [-0.05, 0) is 63.4 Å². The van der Waals surface area contributed by atoms with E-state index < -0.39 is 23.2 Å². The monoisotopic (exact) mass is 348 g/mol. The molecule has 0 spiro atoms. The Kier molecular flexibility index (Phi) is 5.02. The minimum Gasteiger partial charge on any atom is -0.393 e. The zero-order valence-electron chi connectivity index (χ0n) is 15.4. The van der Waals surface area contributed by atoms with E-state index in [2.05, 4.69) is 12.7 Å². The molecule has 3 saturated carbocycles. The van der Waals surface area contributed by atoms with Crippen LogP contribution in [-0.2, 0) is 0 Å². The molecular weight excluding hydrogens is 316 g/mol. The standard InChI is InChI=1S/C21H32O4/c1-13-4-7-17(23)10-15(13)5-6-16-11-18(24)12-20(3)19(16)8-9-21(20,25)14(2)22/h5-6,14,17-19,22-25H,1,4,7-12H2,2-3H3/b15-5-,16-6+/t14-,17-,18+,19-,20-,21-/m0/s1. The first-order valence-electron chi connectivity index (χ1n) is 9.51. The van der Waals surface area contributed by atoms with Gasteiger partial charge >= 0.3 is 0 Å². The minimum absolute atomic E-state index is 0.161. The summed E-state index contributed by atoms with van der Waals surface area (Å²) in [6, 6.07) is 0. The molecule has 0 aromatic heterocycles. The summed E-state index contributed by atoms with van der Waals surface area (Å²) >= 11 is 0. The minimum atomic E-state index is -1.16. The van der Waals surface area contributed by atoms with Gasteiger partial charge in [0.25, 0.3) is 0 Å². The highest BCUT2D eigenvalue weighted by molar-refractivity contribution is 5.37. The maximum Gasteiger partial charge on any atom is 0.0962 e. The number of hydrogen-bond donors (Lipinski definition) is 4. The van der Waals surface area contributed by atoms with Gasteiger partial charge in [0.15, 0.2) is 0 Å². The maximum absolute atomic E-state index is 11.1. The van der Waals surface area contributed by atoms with Gasteiger partial charge in [0.2, 0.25) is 0 Å². The van der Waals surface area contributed by atoms with Crippen LogP contribution in [0.2, 0.25) is 0 Å². The molecule has 6 atom stereocenters. The fourth-order valence-electron chi connectivity index (χ4n) is 5.43. The molecule has 0 bridgehead atoms. The van der Waals surface area contributed by atoms with E-state index >= 15 is 0 Å². The molecular formula is C21H32O4.